The Labute approximate surface area is 118 Å². The zero-order chi connectivity index (χ0) is 13.7. The van der Waals surface area contributed by atoms with E-state index in [0.717, 1.165) is 29.2 Å². The Hall–Kier alpha value is -1.84. The fraction of sp³-hybridized carbons (Fsp3) is 0.500. The van der Waals surface area contributed by atoms with Crippen LogP contribution in [0.1, 0.15) is 38.1 Å². The predicted molar refractivity (Wildman–Crippen MR) is 77.0 cm³/mol. The molecule has 1 heterocycles. The van der Waals surface area contributed by atoms with Crippen molar-refractivity contribution in [3.63, 3.8) is 0 Å². The number of rotatable bonds is 4. The second kappa shape index (κ2) is 4.33. The molecule has 2 aromatic rings. The van der Waals surface area contributed by atoms with E-state index in [2.05, 4.69) is 15.3 Å². The van der Waals surface area contributed by atoms with Crippen LogP contribution in [0.4, 0.5) is 0 Å². The minimum absolute atomic E-state index is 0.0599. The summed E-state index contributed by atoms with van der Waals surface area (Å²) in [6.07, 6.45) is 3.74. The second-order valence-corrected chi connectivity index (χ2v) is 6.21. The van der Waals surface area contributed by atoms with Gasteiger partial charge >= 0.3 is 0 Å². The van der Waals surface area contributed by atoms with E-state index in [9.17, 15) is 4.79 Å². The molecule has 0 unspecified atom stereocenters. The number of nitrogens with one attached hydrogen (secondary N) is 2. The third kappa shape index (κ3) is 2.09. The van der Waals surface area contributed by atoms with Crippen LogP contribution in [0.2, 0.25) is 0 Å². The molecule has 1 amide bonds. The highest BCUT2D eigenvalue weighted by Gasteiger charge is 2.51. The number of benzene rings is 1. The molecular weight excluding hydrogens is 250 g/mol. The number of carbonyl (C=O) groups is 1. The summed E-state index contributed by atoms with van der Waals surface area (Å²) >= 11 is 0. The highest BCUT2D eigenvalue weighted by atomic mass is 16.2. The molecule has 0 spiro atoms. The lowest BCUT2D eigenvalue weighted by Gasteiger charge is -2.11. The molecule has 2 fully saturated rings. The van der Waals surface area contributed by atoms with Crippen molar-refractivity contribution in [1.82, 2.24) is 15.3 Å². The first-order chi connectivity index (χ1) is 9.72. The van der Waals surface area contributed by atoms with Gasteiger partial charge < -0.3 is 10.3 Å². The van der Waals surface area contributed by atoms with Crippen LogP contribution >= 0.6 is 0 Å². The summed E-state index contributed by atoms with van der Waals surface area (Å²) in [6.45, 7) is 1.99. The van der Waals surface area contributed by atoms with Crippen molar-refractivity contribution in [2.75, 3.05) is 0 Å². The summed E-state index contributed by atoms with van der Waals surface area (Å²) in [4.78, 5) is 20.0. The molecule has 2 saturated carbocycles. The molecule has 2 aliphatic rings. The molecule has 20 heavy (non-hydrogen) atoms. The van der Waals surface area contributed by atoms with Crippen molar-refractivity contribution in [3.05, 3.63) is 30.1 Å². The van der Waals surface area contributed by atoms with Gasteiger partial charge in [-0.2, -0.15) is 0 Å². The van der Waals surface area contributed by atoms with Gasteiger partial charge in [0, 0.05) is 5.92 Å². The van der Waals surface area contributed by atoms with E-state index in [-0.39, 0.29) is 17.9 Å². The van der Waals surface area contributed by atoms with Crippen LogP contribution in [0.15, 0.2) is 24.3 Å². The van der Waals surface area contributed by atoms with Gasteiger partial charge in [-0.25, -0.2) is 4.98 Å². The maximum atomic E-state index is 12.2. The molecule has 104 valence electrons. The molecule has 0 aliphatic heterocycles. The van der Waals surface area contributed by atoms with Crippen molar-refractivity contribution in [1.29, 1.82) is 0 Å². The van der Waals surface area contributed by atoms with Crippen LogP contribution in [0.5, 0.6) is 0 Å². The Bertz CT molecular complexity index is 626. The molecule has 0 bridgehead atoms. The molecule has 4 nitrogen and oxygen atoms in total. The van der Waals surface area contributed by atoms with Crippen LogP contribution in [0, 0.1) is 17.8 Å². The number of fused-ring (bicyclic) bond motifs is 1. The maximum Gasteiger partial charge on any atom is 0.223 e. The van der Waals surface area contributed by atoms with Crippen molar-refractivity contribution >= 4 is 16.9 Å². The molecule has 0 radical (unpaired) electrons. The zero-order valence-electron chi connectivity index (χ0n) is 11.6. The van der Waals surface area contributed by atoms with Gasteiger partial charge in [-0.3, -0.25) is 4.79 Å². The topological polar surface area (TPSA) is 57.8 Å². The SMILES string of the molecule is C[C@H](NC(=O)[C@@H]1C[C@H]1C1CC1)c1nc2ccccc2[nH]1. The van der Waals surface area contributed by atoms with E-state index in [1.54, 1.807) is 0 Å². The van der Waals surface area contributed by atoms with E-state index in [4.69, 9.17) is 0 Å². The summed E-state index contributed by atoms with van der Waals surface area (Å²) in [5.41, 5.74) is 1.97. The lowest BCUT2D eigenvalue weighted by Crippen LogP contribution is -2.29. The smallest absolute Gasteiger partial charge is 0.223 e. The molecule has 2 aliphatic carbocycles. The van der Waals surface area contributed by atoms with E-state index in [1.807, 2.05) is 31.2 Å². The van der Waals surface area contributed by atoms with Gasteiger partial charge in [0.2, 0.25) is 5.91 Å². The molecule has 4 rings (SSSR count). The number of hydrogen-bond acceptors (Lipinski definition) is 2. The number of H-pyrrole nitrogens is 1. The van der Waals surface area contributed by atoms with Gasteiger partial charge in [0.25, 0.3) is 0 Å². The van der Waals surface area contributed by atoms with Crippen molar-refractivity contribution in [2.24, 2.45) is 17.8 Å². The Morgan fingerprint density at radius 2 is 2.20 bits per heavy atom. The van der Waals surface area contributed by atoms with Gasteiger partial charge in [0.05, 0.1) is 17.1 Å². The average molecular weight is 269 g/mol. The Morgan fingerprint density at radius 1 is 1.40 bits per heavy atom. The van der Waals surface area contributed by atoms with E-state index < -0.39 is 0 Å². The number of hydrogen-bond donors (Lipinski definition) is 2. The van der Waals surface area contributed by atoms with E-state index >= 15 is 0 Å². The van der Waals surface area contributed by atoms with Crippen molar-refractivity contribution in [3.8, 4) is 0 Å². The highest BCUT2D eigenvalue weighted by molar-refractivity contribution is 5.82. The minimum atomic E-state index is -0.0599. The lowest BCUT2D eigenvalue weighted by molar-refractivity contribution is -0.123. The summed E-state index contributed by atoms with van der Waals surface area (Å²) in [6, 6.07) is 7.88. The maximum absolute atomic E-state index is 12.2. The van der Waals surface area contributed by atoms with Crippen LogP contribution in [0.3, 0.4) is 0 Å². The van der Waals surface area contributed by atoms with Crippen LogP contribution < -0.4 is 5.32 Å². The average Bonchev–Trinajstić information content (AvgIpc) is 3.31. The molecular formula is C16H19N3O. The van der Waals surface area contributed by atoms with Crippen LogP contribution in [0.25, 0.3) is 11.0 Å². The van der Waals surface area contributed by atoms with Gasteiger partial charge in [-0.1, -0.05) is 12.1 Å². The minimum Gasteiger partial charge on any atom is -0.346 e. The summed E-state index contributed by atoms with van der Waals surface area (Å²) in [5, 5.41) is 3.10. The third-order valence-corrected chi connectivity index (χ3v) is 4.58. The second-order valence-electron chi connectivity index (χ2n) is 6.21. The molecule has 1 aromatic carbocycles. The molecule has 1 aromatic heterocycles. The van der Waals surface area contributed by atoms with Gasteiger partial charge in [-0.05, 0) is 50.2 Å². The number of amides is 1. The summed E-state index contributed by atoms with van der Waals surface area (Å²) < 4.78 is 0. The van der Waals surface area contributed by atoms with E-state index in [0.29, 0.717) is 5.92 Å². The Morgan fingerprint density at radius 3 is 2.95 bits per heavy atom. The fourth-order valence-corrected chi connectivity index (χ4v) is 3.13. The van der Waals surface area contributed by atoms with Gasteiger partial charge in [0.1, 0.15) is 5.82 Å². The number of para-hydroxylation sites is 2. The normalized spacial score (nSPS) is 26.4. The quantitative estimate of drug-likeness (QED) is 0.896. The zero-order valence-corrected chi connectivity index (χ0v) is 11.6. The van der Waals surface area contributed by atoms with Gasteiger partial charge in [0.15, 0.2) is 0 Å². The monoisotopic (exact) mass is 269 g/mol. The standard InChI is InChI=1S/C16H19N3O/c1-9(15-18-13-4-2-3-5-14(13)19-15)17-16(20)12-8-11(12)10-6-7-10/h2-5,9-12H,6-8H2,1H3,(H,17,20)(H,18,19)/t9-,11-,12+/m0/s1. The van der Waals surface area contributed by atoms with Crippen LogP contribution in [-0.2, 0) is 4.79 Å². The number of aromatic nitrogens is 2. The van der Waals surface area contributed by atoms with Crippen LogP contribution in [-0.4, -0.2) is 15.9 Å². The molecule has 2 N–H and O–H groups in total. The number of carbonyl (C=O) groups excluding carboxylic acids is 1. The summed E-state index contributed by atoms with van der Waals surface area (Å²) in [7, 11) is 0. The van der Waals surface area contributed by atoms with Crippen molar-refractivity contribution < 1.29 is 4.79 Å². The largest absolute Gasteiger partial charge is 0.346 e. The Balaban J connectivity index is 1.44. The van der Waals surface area contributed by atoms with E-state index in [1.165, 1.54) is 12.8 Å². The third-order valence-electron chi connectivity index (χ3n) is 4.58. The lowest BCUT2D eigenvalue weighted by atomic mass is 10.2. The first-order valence-corrected chi connectivity index (χ1v) is 7.47. The Kier molecular flexibility index (Phi) is 2.59. The molecule has 4 heteroatoms. The molecule has 0 saturated heterocycles. The fourth-order valence-electron chi connectivity index (χ4n) is 3.13. The predicted octanol–water partition coefficient (Wildman–Crippen LogP) is 2.79. The van der Waals surface area contributed by atoms with Crippen molar-refractivity contribution in [2.45, 2.75) is 32.2 Å². The van der Waals surface area contributed by atoms with Gasteiger partial charge in [-0.15, -0.1) is 0 Å². The molecule has 3 atom stereocenters. The first-order valence-electron chi connectivity index (χ1n) is 7.47. The summed E-state index contributed by atoms with van der Waals surface area (Å²) in [5.74, 6) is 2.80. The highest BCUT2D eigenvalue weighted by Crippen LogP contribution is 2.54. The number of nitrogens with zero attached hydrogens (tertiary/aromatic N) is 1. The number of aromatic amines is 1. The number of imidazole rings is 1. The first kappa shape index (κ1) is 11.9.